The van der Waals surface area contributed by atoms with E-state index >= 15 is 0 Å². The Labute approximate surface area is 63.4 Å². The Morgan fingerprint density at radius 3 is 1.75 bits per heavy atom. The fourth-order valence-electron chi connectivity index (χ4n) is 0.979. The summed E-state index contributed by atoms with van der Waals surface area (Å²) in [5, 5.41) is 3.35. The molecule has 0 atom stereocenters. The summed E-state index contributed by atoms with van der Waals surface area (Å²) >= 11 is 0. The molecular weight excluding hydrogens is 93.0 g/mol. The molecule has 1 heterocycles. The molecule has 0 aromatic heterocycles. The zero-order chi connectivity index (χ0) is 4.95. The average Bonchev–Trinajstić information content (AvgIpc) is 1.90. The molecule has 8 heavy (non-hydrogen) atoms. The number of hydrogen-bond acceptors (Lipinski definition) is 1. The molecule has 43 valence electrons. The molecule has 1 rings (SSSR count). The van der Waals surface area contributed by atoms with Gasteiger partial charge in [-0.15, -0.1) is 0 Å². The fraction of sp³-hybridized carbons (Fsp3) is 1.00. The van der Waals surface area contributed by atoms with Gasteiger partial charge in [0.05, 0.1) is 0 Å². The van der Waals surface area contributed by atoms with Crippen LogP contribution in [0, 0.1) is 0 Å². The van der Waals surface area contributed by atoms with Crippen LogP contribution in [0.5, 0.6) is 0 Å². The van der Waals surface area contributed by atoms with E-state index in [9.17, 15) is 0 Å². The van der Waals surface area contributed by atoms with Crippen LogP contribution in [0.25, 0.3) is 0 Å². The maximum absolute atomic E-state index is 3.35. The number of hydrogen-bond donors (Lipinski definition) is 1. The smallest absolute Gasteiger partial charge is 0 e. The average molecular weight is 106 g/mol. The Balaban J connectivity index is 0.000000490. The first-order valence-corrected chi connectivity index (χ1v) is 3.21. The Bertz CT molecular complexity index is 28.1. The minimum Gasteiger partial charge on any atom is -0.317 e. The van der Waals surface area contributed by atoms with Gasteiger partial charge >= 0.3 is 0 Å². The van der Waals surface area contributed by atoms with Crippen LogP contribution in [0.4, 0.5) is 0 Å². The first kappa shape index (κ1) is 8.56. The van der Waals surface area contributed by atoms with Crippen molar-refractivity contribution >= 4 is 18.9 Å². The molecule has 0 spiro atoms. The van der Waals surface area contributed by atoms with Crippen molar-refractivity contribution in [2.24, 2.45) is 0 Å². The van der Waals surface area contributed by atoms with Crippen LogP contribution in [0.3, 0.4) is 0 Å². The first-order chi connectivity index (χ1) is 3.50. The van der Waals surface area contributed by atoms with E-state index in [1.807, 2.05) is 0 Å². The molecule has 0 aliphatic carbocycles. The summed E-state index contributed by atoms with van der Waals surface area (Å²) < 4.78 is 0. The van der Waals surface area contributed by atoms with Gasteiger partial charge in [-0.1, -0.05) is 12.8 Å². The molecule has 0 aromatic rings. The Morgan fingerprint density at radius 2 is 1.25 bits per heavy atom. The Hall–Kier alpha value is 0.557. The topological polar surface area (TPSA) is 12.0 Å². The molecule has 0 aromatic carbocycles. The van der Waals surface area contributed by atoms with Crippen LogP contribution in [0.1, 0.15) is 25.7 Å². The van der Waals surface area contributed by atoms with E-state index < -0.39 is 0 Å². The van der Waals surface area contributed by atoms with Crippen LogP contribution in [-0.4, -0.2) is 32.0 Å². The third kappa shape index (κ3) is 3.55. The van der Waals surface area contributed by atoms with Crippen LogP contribution in [-0.2, 0) is 0 Å². The fourth-order valence-corrected chi connectivity index (χ4v) is 0.979. The van der Waals surface area contributed by atoms with E-state index in [2.05, 4.69) is 5.32 Å². The molecule has 1 aliphatic heterocycles. The summed E-state index contributed by atoms with van der Waals surface area (Å²) in [5.41, 5.74) is 0. The van der Waals surface area contributed by atoms with Crippen LogP contribution < -0.4 is 5.32 Å². The molecule has 1 saturated heterocycles. The second-order valence-electron chi connectivity index (χ2n) is 2.16. The molecule has 1 radical (unpaired) electrons. The predicted octanol–water partition coefficient (Wildman–Crippen LogP) is 0.769. The van der Waals surface area contributed by atoms with Gasteiger partial charge in [0, 0.05) is 18.9 Å². The zero-order valence-corrected chi connectivity index (χ0v) is 5.74. The van der Waals surface area contributed by atoms with Crippen LogP contribution in [0.15, 0.2) is 0 Å². The molecule has 1 fully saturated rings. The Kier molecular flexibility index (Phi) is 6.09. The molecule has 0 bridgehead atoms. The Morgan fingerprint density at radius 1 is 0.750 bits per heavy atom. The van der Waals surface area contributed by atoms with E-state index in [0.29, 0.717) is 0 Å². The molecule has 1 nitrogen and oxygen atoms in total. The third-order valence-electron chi connectivity index (χ3n) is 1.46. The van der Waals surface area contributed by atoms with Gasteiger partial charge in [-0.2, -0.15) is 0 Å². The van der Waals surface area contributed by atoms with Crippen molar-refractivity contribution in [3.8, 4) is 0 Å². The maximum Gasteiger partial charge on any atom is 0 e. The second-order valence-corrected chi connectivity index (χ2v) is 2.16. The summed E-state index contributed by atoms with van der Waals surface area (Å²) in [7, 11) is 0. The third-order valence-corrected chi connectivity index (χ3v) is 1.46. The van der Waals surface area contributed by atoms with Crippen molar-refractivity contribution in [1.82, 2.24) is 5.32 Å². The summed E-state index contributed by atoms with van der Waals surface area (Å²) in [6.07, 6.45) is 5.65. The molecule has 0 saturated carbocycles. The SMILES string of the molecule is C1CCCNCC1.[Li]. The second kappa shape index (κ2) is 5.69. The van der Waals surface area contributed by atoms with E-state index in [-0.39, 0.29) is 18.9 Å². The summed E-state index contributed by atoms with van der Waals surface area (Å²) in [6.45, 7) is 2.50. The molecule has 2 heteroatoms. The van der Waals surface area contributed by atoms with Gasteiger partial charge in [-0.25, -0.2) is 0 Å². The van der Waals surface area contributed by atoms with Gasteiger partial charge in [-0.3, -0.25) is 0 Å². The largest absolute Gasteiger partial charge is 0.317 e. The molecule has 0 unspecified atom stereocenters. The summed E-state index contributed by atoms with van der Waals surface area (Å²) in [6, 6.07) is 0. The quantitative estimate of drug-likeness (QED) is 0.450. The van der Waals surface area contributed by atoms with Crippen molar-refractivity contribution in [1.29, 1.82) is 0 Å². The van der Waals surface area contributed by atoms with E-state index in [4.69, 9.17) is 0 Å². The van der Waals surface area contributed by atoms with Crippen molar-refractivity contribution in [3.63, 3.8) is 0 Å². The van der Waals surface area contributed by atoms with E-state index in [0.717, 1.165) is 0 Å². The molecule has 1 aliphatic rings. The first-order valence-electron chi connectivity index (χ1n) is 3.21. The van der Waals surface area contributed by atoms with Gasteiger partial charge in [0.1, 0.15) is 0 Å². The van der Waals surface area contributed by atoms with Gasteiger partial charge < -0.3 is 5.32 Å². The van der Waals surface area contributed by atoms with Crippen molar-refractivity contribution in [2.45, 2.75) is 25.7 Å². The van der Waals surface area contributed by atoms with Crippen LogP contribution >= 0.6 is 0 Å². The molecular formula is C6H13LiN. The standard InChI is InChI=1S/C6H13N.Li/c1-2-4-6-7-5-3-1;/h7H,1-6H2;. The predicted molar refractivity (Wildman–Crippen MR) is 37.1 cm³/mol. The monoisotopic (exact) mass is 106 g/mol. The van der Waals surface area contributed by atoms with Gasteiger partial charge in [-0.05, 0) is 25.9 Å². The maximum atomic E-state index is 3.35. The normalized spacial score (nSPS) is 21.0. The summed E-state index contributed by atoms with van der Waals surface area (Å²) in [5.74, 6) is 0. The zero-order valence-electron chi connectivity index (χ0n) is 5.74. The summed E-state index contributed by atoms with van der Waals surface area (Å²) in [4.78, 5) is 0. The van der Waals surface area contributed by atoms with Crippen molar-refractivity contribution in [2.75, 3.05) is 13.1 Å². The van der Waals surface area contributed by atoms with E-state index in [1.54, 1.807) is 0 Å². The van der Waals surface area contributed by atoms with Crippen molar-refractivity contribution < 1.29 is 0 Å². The van der Waals surface area contributed by atoms with E-state index in [1.165, 1.54) is 38.8 Å². The minimum absolute atomic E-state index is 0. The molecule has 1 N–H and O–H groups in total. The number of rotatable bonds is 0. The van der Waals surface area contributed by atoms with Crippen molar-refractivity contribution in [3.05, 3.63) is 0 Å². The van der Waals surface area contributed by atoms with Gasteiger partial charge in [0.2, 0.25) is 0 Å². The molecule has 0 amide bonds. The number of nitrogens with one attached hydrogen (secondary N) is 1. The van der Waals surface area contributed by atoms with Crippen LogP contribution in [0.2, 0.25) is 0 Å². The van der Waals surface area contributed by atoms with Gasteiger partial charge in [0.15, 0.2) is 0 Å². The minimum atomic E-state index is 0. The van der Waals surface area contributed by atoms with Gasteiger partial charge in [0.25, 0.3) is 0 Å².